The van der Waals surface area contributed by atoms with E-state index in [0.29, 0.717) is 30.2 Å². The van der Waals surface area contributed by atoms with Crippen LogP contribution in [0.25, 0.3) is 5.65 Å². The average Bonchev–Trinajstić information content (AvgIpc) is 3.08. The van der Waals surface area contributed by atoms with Crippen molar-refractivity contribution in [2.24, 2.45) is 5.73 Å². The molecule has 2 aromatic rings. The van der Waals surface area contributed by atoms with Gasteiger partial charge in [0.05, 0.1) is 12.8 Å². The molecule has 2 aromatic heterocycles. The molecule has 8 heteroatoms. The van der Waals surface area contributed by atoms with Crippen LogP contribution in [0.3, 0.4) is 0 Å². The normalized spacial score (nSPS) is 14.9. The van der Waals surface area contributed by atoms with Gasteiger partial charge in [0, 0.05) is 30.8 Å². The van der Waals surface area contributed by atoms with Gasteiger partial charge in [-0.15, -0.1) is 0 Å². The van der Waals surface area contributed by atoms with Crippen molar-refractivity contribution < 1.29 is 14.3 Å². The molecule has 0 bridgehead atoms. The van der Waals surface area contributed by atoms with E-state index in [2.05, 4.69) is 10.6 Å². The molecular formula is C19H27N5O3. The molecule has 146 valence electrons. The Morgan fingerprint density at radius 3 is 2.81 bits per heavy atom. The molecule has 0 spiro atoms. The quantitative estimate of drug-likeness (QED) is 0.637. The molecule has 0 radical (unpaired) electrons. The number of carbonyl (C=O) groups excluding carboxylic acids is 2. The van der Waals surface area contributed by atoms with Gasteiger partial charge in [-0.3, -0.25) is 14.0 Å². The molecule has 1 fully saturated rings. The Kier molecular flexibility index (Phi) is 6.28. The van der Waals surface area contributed by atoms with E-state index in [1.165, 1.54) is 26.4 Å². The minimum atomic E-state index is -0.336. The van der Waals surface area contributed by atoms with Gasteiger partial charge >= 0.3 is 5.97 Å². The van der Waals surface area contributed by atoms with Crippen LogP contribution in [0.4, 0.5) is 5.82 Å². The van der Waals surface area contributed by atoms with Gasteiger partial charge in [0.15, 0.2) is 0 Å². The number of rotatable bonds is 7. The highest BCUT2D eigenvalue weighted by Gasteiger charge is 2.24. The van der Waals surface area contributed by atoms with Gasteiger partial charge in [-0.05, 0) is 25.0 Å². The molecule has 1 amide bonds. The first kappa shape index (κ1) is 19.2. The zero-order valence-electron chi connectivity index (χ0n) is 15.7. The van der Waals surface area contributed by atoms with E-state index in [1.54, 1.807) is 12.1 Å². The fraction of sp³-hybridized carbons (Fsp3) is 0.526. The maximum Gasteiger partial charge on any atom is 0.325 e. The fourth-order valence-corrected chi connectivity index (χ4v) is 3.56. The number of methoxy groups -OCH3 is 1. The number of nitrogens with zero attached hydrogens (tertiary/aromatic N) is 2. The minimum Gasteiger partial charge on any atom is -0.468 e. The lowest BCUT2D eigenvalue weighted by Gasteiger charge is -2.21. The van der Waals surface area contributed by atoms with Crippen molar-refractivity contribution in [3.8, 4) is 0 Å². The zero-order chi connectivity index (χ0) is 19.2. The van der Waals surface area contributed by atoms with Crippen LogP contribution >= 0.6 is 0 Å². The highest BCUT2D eigenvalue weighted by Crippen LogP contribution is 2.36. The number of nitrogens with one attached hydrogen (secondary N) is 2. The number of esters is 1. The predicted octanol–water partition coefficient (Wildman–Crippen LogP) is 1.66. The molecular weight excluding hydrogens is 346 g/mol. The molecule has 1 aliphatic rings. The third kappa shape index (κ3) is 4.39. The SMILES string of the molecule is COC(=O)CNc1c(C2CCCCC2)nc2cc(C(=O)NCCN)ccn12. The van der Waals surface area contributed by atoms with E-state index in [4.69, 9.17) is 15.5 Å². The highest BCUT2D eigenvalue weighted by atomic mass is 16.5. The monoisotopic (exact) mass is 373 g/mol. The molecule has 3 rings (SSSR count). The van der Waals surface area contributed by atoms with Crippen molar-refractivity contribution in [2.45, 2.75) is 38.0 Å². The second kappa shape index (κ2) is 8.85. The first-order valence-corrected chi connectivity index (χ1v) is 9.45. The Morgan fingerprint density at radius 1 is 1.33 bits per heavy atom. The van der Waals surface area contributed by atoms with E-state index in [-0.39, 0.29) is 18.4 Å². The first-order chi connectivity index (χ1) is 13.1. The molecule has 2 heterocycles. The second-order valence-corrected chi connectivity index (χ2v) is 6.80. The Balaban J connectivity index is 1.94. The Morgan fingerprint density at radius 2 is 2.11 bits per heavy atom. The van der Waals surface area contributed by atoms with Gasteiger partial charge in [-0.1, -0.05) is 19.3 Å². The molecule has 0 aliphatic heterocycles. The predicted molar refractivity (Wildman–Crippen MR) is 103 cm³/mol. The molecule has 0 saturated heterocycles. The van der Waals surface area contributed by atoms with E-state index in [0.717, 1.165) is 24.4 Å². The van der Waals surface area contributed by atoms with Crippen molar-refractivity contribution in [1.82, 2.24) is 14.7 Å². The third-order valence-electron chi connectivity index (χ3n) is 4.96. The summed E-state index contributed by atoms with van der Waals surface area (Å²) in [6, 6.07) is 3.51. The van der Waals surface area contributed by atoms with Gasteiger partial charge in [0.25, 0.3) is 5.91 Å². The summed E-state index contributed by atoms with van der Waals surface area (Å²) in [5.41, 5.74) is 7.62. The number of aromatic nitrogens is 2. The van der Waals surface area contributed by atoms with Crippen LogP contribution in [0.1, 0.15) is 54.1 Å². The summed E-state index contributed by atoms with van der Waals surface area (Å²) in [5, 5.41) is 5.94. The van der Waals surface area contributed by atoms with Crippen molar-refractivity contribution in [1.29, 1.82) is 0 Å². The molecule has 27 heavy (non-hydrogen) atoms. The maximum atomic E-state index is 12.2. The first-order valence-electron chi connectivity index (χ1n) is 9.45. The van der Waals surface area contributed by atoms with Gasteiger partial charge in [0.1, 0.15) is 18.0 Å². The second-order valence-electron chi connectivity index (χ2n) is 6.80. The number of ether oxygens (including phenoxy) is 1. The number of pyridine rings is 1. The van der Waals surface area contributed by atoms with Crippen molar-refractivity contribution >= 4 is 23.3 Å². The van der Waals surface area contributed by atoms with Gasteiger partial charge < -0.3 is 21.1 Å². The van der Waals surface area contributed by atoms with Gasteiger partial charge in [-0.25, -0.2) is 4.98 Å². The fourth-order valence-electron chi connectivity index (χ4n) is 3.56. The van der Waals surface area contributed by atoms with Crippen LogP contribution in [0, 0.1) is 0 Å². The van der Waals surface area contributed by atoms with Gasteiger partial charge in [0.2, 0.25) is 0 Å². The molecule has 8 nitrogen and oxygen atoms in total. The summed E-state index contributed by atoms with van der Waals surface area (Å²) < 4.78 is 6.64. The third-order valence-corrected chi connectivity index (χ3v) is 4.96. The van der Waals surface area contributed by atoms with Gasteiger partial charge in [-0.2, -0.15) is 0 Å². The molecule has 0 atom stereocenters. The van der Waals surface area contributed by atoms with Crippen molar-refractivity contribution in [2.75, 3.05) is 32.1 Å². The number of anilines is 1. The van der Waals surface area contributed by atoms with E-state index >= 15 is 0 Å². The minimum absolute atomic E-state index is 0.0722. The number of carbonyl (C=O) groups is 2. The lowest BCUT2D eigenvalue weighted by molar-refractivity contribution is -0.138. The summed E-state index contributed by atoms with van der Waals surface area (Å²) in [4.78, 5) is 28.6. The topological polar surface area (TPSA) is 111 Å². The number of hydrogen-bond acceptors (Lipinski definition) is 6. The summed E-state index contributed by atoms with van der Waals surface area (Å²) >= 11 is 0. The van der Waals surface area contributed by atoms with E-state index in [1.807, 2.05) is 10.6 Å². The smallest absolute Gasteiger partial charge is 0.325 e. The molecule has 1 saturated carbocycles. The maximum absolute atomic E-state index is 12.2. The lowest BCUT2D eigenvalue weighted by atomic mass is 9.87. The number of amides is 1. The zero-order valence-corrected chi connectivity index (χ0v) is 15.7. The summed E-state index contributed by atoms with van der Waals surface area (Å²) in [5.74, 6) is 0.649. The Hall–Kier alpha value is -2.61. The van der Waals surface area contributed by atoms with Crippen LogP contribution < -0.4 is 16.4 Å². The molecule has 4 N–H and O–H groups in total. The highest BCUT2D eigenvalue weighted by molar-refractivity contribution is 5.95. The average molecular weight is 373 g/mol. The van der Waals surface area contributed by atoms with Crippen LogP contribution in [0.2, 0.25) is 0 Å². The Bertz CT molecular complexity index is 811. The summed E-state index contributed by atoms with van der Waals surface area (Å²) in [7, 11) is 1.37. The Labute approximate surface area is 158 Å². The van der Waals surface area contributed by atoms with Crippen LogP contribution in [0.5, 0.6) is 0 Å². The van der Waals surface area contributed by atoms with Crippen LogP contribution in [-0.4, -0.2) is 48.0 Å². The molecule has 0 unspecified atom stereocenters. The number of nitrogens with two attached hydrogens (primary N) is 1. The van der Waals surface area contributed by atoms with E-state index in [9.17, 15) is 9.59 Å². The number of hydrogen-bond donors (Lipinski definition) is 3. The standard InChI is InChI=1S/C19H27N5O3/c1-27-16(25)12-22-18-17(13-5-3-2-4-6-13)23-15-11-14(7-10-24(15)18)19(26)21-9-8-20/h7,10-11,13,22H,2-6,8-9,12,20H2,1H3,(H,21,26). The van der Waals surface area contributed by atoms with Crippen LogP contribution in [0.15, 0.2) is 18.3 Å². The summed E-state index contributed by atoms with van der Waals surface area (Å²) in [6.07, 6.45) is 7.59. The largest absolute Gasteiger partial charge is 0.468 e. The number of imidazole rings is 1. The molecule has 0 aromatic carbocycles. The van der Waals surface area contributed by atoms with Crippen LogP contribution in [-0.2, 0) is 9.53 Å². The molecule has 1 aliphatic carbocycles. The summed E-state index contributed by atoms with van der Waals surface area (Å²) in [6.45, 7) is 0.894. The number of fused-ring (bicyclic) bond motifs is 1. The lowest BCUT2D eigenvalue weighted by Crippen LogP contribution is -2.29. The van der Waals surface area contributed by atoms with Crippen molar-refractivity contribution in [3.63, 3.8) is 0 Å². The van der Waals surface area contributed by atoms with E-state index < -0.39 is 0 Å². The van der Waals surface area contributed by atoms with Crippen molar-refractivity contribution in [3.05, 3.63) is 29.6 Å².